The van der Waals surface area contributed by atoms with Gasteiger partial charge in [0.25, 0.3) is 0 Å². The highest BCUT2D eigenvalue weighted by molar-refractivity contribution is 5.99. The van der Waals surface area contributed by atoms with Crippen molar-refractivity contribution in [1.82, 2.24) is 14.9 Å². The topological polar surface area (TPSA) is 91.8 Å². The minimum atomic E-state index is -0.349. The van der Waals surface area contributed by atoms with E-state index in [9.17, 15) is 4.79 Å². The van der Waals surface area contributed by atoms with E-state index in [4.69, 9.17) is 9.47 Å². The van der Waals surface area contributed by atoms with E-state index in [0.717, 1.165) is 70.0 Å². The van der Waals surface area contributed by atoms with Crippen molar-refractivity contribution in [3.63, 3.8) is 0 Å². The third-order valence-electron chi connectivity index (χ3n) is 5.61. The van der Waals surface area contributed by atoms with E-state index in [1.807, 2.05) is 31.2 Å². The van der Waals surface area contributed by atoms with Crippen molar-refractivity contribution in [3.8, 4) is 5.88 Å². The number of ether oxygens (including phenoxy) is 2. The quantitative estimate of drug-likeness (QED) is 0.683. The van der Waals surface area contributed by atoms with Crippen molar-refractivity contribution >= 4 is 23.5 Å². The number of hydrogen-bond donors (Lipinski definition) is 2. The van der Waals surface area contributed by atoms with Crippen LogP contribution in [0.5, 0.6) is 5.88 Å². The Bertz CT molecular complexity index is 897. The Labute approximate surface area is 189 Å². The van der Waals surface area contributed by atoms with Crippen molar-refractivity contribution < 1.29 is 14.3 Å². The number of carbonyl (C=O) groups is 1. The van der Waals surface area contributed by atoms with E-state index in [2.05, 4.69) is 30.4 Å². The maximum atomic E-state index is 12.6. The van der Waals surface area contributed by atoms with Crippen LogP contribution in [0.15, 0.2) is 30.3 Å². The number of carbonyl (C=O) groups excluding carboxylic acids is 1. The van der Waals surface area contributed by atoms with Gasteiger partial charge < -0.3 is 19.7 Å². The first-order valence-electron chi connectivity index (χ1n) is 11.4. The fraction of sp³-hybridized carbons (Fsp3) is 0.522. The lowest BCUT2D eigenvalue weighted by atomic mass is 10.1. The molecule has 2 aliphatic heterocycles. The number of rotatable bonds is 7. The van der Waals surface area contributed by atoms with Gasteiger partial charge in [-0.05, 0) is 43.9 Å². The van der Waals surface area contributed by atoms with Gasteiger partial charge in [-0.2, -0.15) is 9.97 Å². The first-order valence-corrected chi connectivity index (χ1v) is 11.4. The SMILES string of the molecule is Cc1cccc(NC(=O)Nc2cc(OCCN3CCOCC3)nc(N3CCCCC3)n2)c1. The summed E-state index contributed by atoms with van der Waals surface area (Å²) < 4.78 is 11.4. The number of piperidine rings is 1. The van der Waals surface area contributed by atoms with Gasteiger partial charge in [0.15, 0.2) is 0 Å². The third-order valence-corrected chi connectivity index (χ3v) is 5.61. The highest BCUT2D eigenvalue weighted by Gasteiger charge is 2.17. The smallest absolute Gasteiger partial charge is 0.324 e. The van der Waals surface area contributed by atoms with Crippen LogP contribution in [-0.4, -0.2) is 73.4 Å². The van der Waals surface area contributed by atoms with Crippen molar-refractivity contribution in [1.29, 1.82) is 0 Å². The number of morpholine rings is 1. The zero-order chi connectivity index (χ0) is 22.2. The lowest BCUT2D eigenvalue weighted by molar-refractivity contribution is 0.0320. The molecule has 9 nitrogen and oxygen atoms in total. The summed E-state index contributed by atoms with van der Waals surface area (Å²) in [5, 5.41) is 5.69. The number of aromatic nitrogens is 2. The maximum Gasteiger partial charge on any atom is 0.324 e. The second-order valence-corrected chi connectivity index (χ2v) is 8.19. The Hall–Kier alpha value is -2.91. The summed E-state index contributed by atoms with van der Waals surface area (Å²) in [6, 6.07) is 9.00. The van der Waals surface area contributed by atoms with Crippen LogP contribution in [0, 0.1) is 6.92 Å². The van der Waals surface area contributed by atoms with E-state index in [-0.39, 0.29) is 6.03 Å². The van der Waals surface area contributed by atoms with Gasteiger partial charge in [0.1, 0.15) is 12.4 Å². The number of benzene rings is 1. The van der Waals surface area contributed by atoms with Gasteiger partial charge in [-0.25, -0.2) is 4.79 Å². The van der Waals surface area contributed by atoms with Crippen LogP contribution in [0.25, 0.3) is 0 Å². The zero-order valence-corrected chi connectivity index (χ0v) is 18.7. The molecule has 1 aromatic carbocycles. The van der Waals surface area contributed by atoms with E-state index in [1.54, 1.807) is 6.07 Å². The molecule has 0 radical (unpaired) electrons. The molecule has 0 saturated carbocycles. The summed E-state index contributed by atoms with van der Waals surface area (Å²) in [6.45, 7) is 8.48. The molecule has 0 aliphatic carbocycles. The fourth-order valence-electron chi connectivity index (χ4n) is 3.89. The summed E-state index contributed by atoms with van der Waals surface area (Å²) in [4.78, 5) is 26.2. The van der Waals surface area contributed by atoms with Crippen LogP contribution < -0.4 is 20.3 Å². The predicted molar refractivity (Wildman–Crippen MR) is 125 cm³/mol. The summed E-state index contributed by atoms with van der Waals surface area (Å²) in [7, 11) is 0. The van der Waals surface area contributed by atoms with Crippen molar-refractivity contribution in [2.75, 3.05) is 68.1 Å². The molecule has 0 spiro atoms. The highest BCUT2D eigenvalue weighted by Crippen LogP contribution is 2.22. The Morgan fingerprint density at radius 2 is 1.88 bits per heavy atom. The number of aryl methyl sites for hydroxylation is 1. The summed E-state index contributed by atoms with van der Waals surface area (Å²) in [5.74, 6) is 1.49. The molecule has 2 fully saturated rings. The zero-order valence-electron chi connectivity index (χ0n) is 18.7. The Kier molecular flexibility index (Phi) is 7.73. The molecule has 32 heavy (non-hydrogen) atoms. The van der Waals surface area contributed by atoms with Crippen molar-refractivity contribution in [3.05, 3.63) is 35.9 Å². The van der Waals surface area contributed by atoms with Gasteiger partial charge in [-0.3, -0.25) is 10.2 Å². The predicted octanol–water partition coefficient (Wildman–Crippen LogP) is 3.13. The Morgan fingerprint density at radius 3 is 2.66 bits per heavy atom. The number of nitrogens with one attached hydrogen (secondary N) is 2. The minimum Gasteiger partial charge on any atom is -0.476 e. The van der Waals surface area contributed by atoms with Crippen LogP contribution in [0.3, 0.4) is 0 Å². The van der Waals surface area contributed by atoms with Gasteiger partial charge in [0, 0.05) is 44.5 Å². The van der Waals surface area contributed by atoms with Crippen LogP contribution in [0.4, 0.5) is 22.2 Å². The number of nitrogens with zero attached hydrogens (tertiary/aromatic N) is 4. The Balaban J connectivity index is 1.43. The molecule has 0 unspecified atom stereocenters. The number of anilines is 3. The summed E-state index contributed by atoms with van der Waals surface area (Å²) >= 11 is 0. The number of urea groups is 1. The fourth-order valence-corrected chi connectivity index (χ4v) is 3.89. The van der Waals surface area contributed by atoms with E-state index in [0.29, 0.717) is 24.3 Å². The largest absolute Gasteiger partial charge is 0.476 e. The van der Waals surface area contributed by atoms with Crippen LogP contribution >= 0.6 is 0 Å². The van der Waals surface area contributed by atoms with E-state index in [1.165, 1.54) is 6.42 Å². The molecule has 0 bridgehead atoms. The normalized spacial score (nSPS) is 17.1. The maximum absolute atomic E-state index is 12.6. The number of amides is 2. The van der Waals surface area contributed by atoms with Gasteiger partial charge >= 0.3 is 6.03 Å². The molecule has 2 aliphatic rings. The van der Waals surface area contributed by atoms with Gasteiger partial charge in [0.2, 0.25) is 11.8 Å². The van der Waals surface area contributed by atoms with Crippen LogP contribution in [0.2, 0.25) is 0 Å². The second-order valence-electron chi connectivity index (χ2n) is 8.19. The number of hydrogen-bond acceptors (Lipinski definition) is 7. The molecule has 4 rings (SSSR count). The highest BCUT2D eigenvalue weighted by atomic mass is 16.5. The van der Waals surface area contributed by atoms with Gasteiger partial charge in [0.05, 0.1) is 13.2 Å². The van der Waals surface area contributed by atoms with Crippen molar-refractivity contribution in [2.45, 2.75) is 26.2 Å². The van der Waals surface area contributed by atoms with Crippen LogP contribution in [0.1, 0.15) is 24.8 Å². The molecule has 9 heteroatoms. The molecule has 3 heterocycles. The lowest BCUT2D eigenvalue weighted by Gasteiger charge is -2.27. The van der Waals surface area contributed by atoms with Gasteiger partial charge in [-0.1, -0.05) is 12.1 Å². The molecular formula is C23H32N6O3. The average Bonchev–Trinajstić information content (AvgIpc) is 2.80. The molecule has 0 atom stereocenters. The second kappa shape index (κ2) is 11.1. The minimum absolute atomic E-state index is 0.349. The molecule has 172 valence electrons. The van der Waals surface area contributed by atoms with Crippen LogP contribution in [-0.2, 0) is 4.74 Å². The van der Waals surface area contributed by atoms with E-state index < -0.39 is 0 Å². The molecule has 2 aromatic rings. The third kappa shape index (κ3) is 6.54. The molecule has 2 amide bonds. The van der Waals surface area contributed by atoms with Crippen molar-refractivity contribution in [2.24, 2.45) is 0 Å². The molecule has 1 aromatic heterocycles. The average molecular weight is 441 g/mol. The lowest BCUT2D eigenvalue weighted by Crippen LogP contribution is -2.38. The summed E-state index contributed by atoms with van der Waals surface area (Å²) in [6.07, 6.45) is 3.44. The first kappa shape index (κ1) is 22.3. The molecular weight excluding hydrogens is 408 g/mol. The molecule has 2 N–H and O–H groups in total. The Morgan fingerprint density at radius 1 is 1.06 bits per heavy atom. The standard InChI is InChI=1S/C23H32N6O3/c1-18-6-5-7-19(16-18)24-23(30)26-20-17-21(32-15-12-28-10-13-31-14-11-28)27-22(25-20)29-8-3-2-4-9-29/h5-7,16-17H,2-4,8-15H2,1H3,(H2,24,25,26,27,30). The monoisotopic (exact) mass is 440 g/mol. The first-order chi connectivity index (χ1) is 15.7. The van der Waals surface area contributed by atoms with E-state index >= 15 is 0 Å². The van der Waals surface area contributed by atoms with Gasteiger partial charge in [-0.15, -0.1) is 0 Å². The summed E-state index contributed by atoms with van der Waals surface area (Å²) in [5.41, 5.74) is 1.81. The molecule has 2 saturated heterocycles.